The van der Waals surface area contributed by atoms with Gasteiger partial charge in [0.15, 0.2) is 11.2 Å². The van der Waals surface area contributed by atoms with E-state index >= 15 is 0 Å². The summed E-state index contributed by atoms with van der Waals surface area (Å²) in [6, 6.07) is 0. The van der Waals surface area contributed by atoms with Crippen molar-refractivity contribution in [3.05, 3.63) is 27.2 Å². The Bertz CT molecular complexity index is 848. The van der Waals surface area contributed by atoms with Gasteiger partial charge in [-0.05, 0) is 6.42 Å². The van der Waals surface area contributed by atoms with Gasteiger partial charge in [0.05, 0.1) is 25.4 Å². The minimum atomic E-state index is -0.696. The number of hydrogen-bond donors (Lipinski definition) is 1. The molecule has 0 spiro atoms. The smallest absolute Gasteiger partial charge is 0.332 e. The van der Waals surface area contributed by atoms with E-state index in [2.05, 4.69) is 4.98 Å². The molecule has 0 radical (unpaired) electrons. The molecule has 0 saturated heterocycles. The first kappa shape index (κ1) is 17.9. The Morgan fingerprint density at radius 1 is 1.33 bits per heavy atom. The zero-order valence-electron chi connectivity index (χ0n) is 14.1. The molecule has 2 aromatic heterocycles. The Hall–Kier alpha value is -2.42. The third-order valence-electron chi connectivity index (χ3n) is 3.84. The van der Waals surface area contributed by atoms with E-state index in [1.807, 2.05) is 6.92 Å². The molecule has 0 aliphatic carbocycles. The summed E-state index contributed by atoms with van der Waals surface area (Å²) in [6.07, 6.45) is 2.03. The van der Waals surface area contributed by atoms with Gasteiger partial charge >= 0.3 is 11.7 Å². The summed E-state index contributed by atoms with van der Waals surface area (Å²) in [7, 11) is 2.94. The number of aryl methyl sites for hydroxylation is 1. The highest BCUT2D eigenvalue weighted by Gasteiger charge is 2.15. The van der Waals surface area contributed by atoms with Crippen LogP contribution in [0.1, 0.15) is 26.2 Å². The molecule has 0 aliphatic rings. The van der Waals surface area contributed by atoms with Gasteiger partial charge in [0.25, 0.3) is 5.56 Å². The highest BCUT2D eigenvalue weighted by atomic mass is 16.5. The maximum absolute atomic E-state index is 12.2. The van der Waals surface area contributed by atoms with Crippen molar-refractivity contribution in [1.82, 2.24) is 18.7 Å². The van der Waals surface area contributed by atoms with E-state index in [0.717, 1.165) is 11.0 Å². The van der Waals surface area contributed by atoms with Crippen molar-refractivity contribution < 1.29 is 14.6 Å². The molecule has 0 bridgehead atoms. The van der Waals surface area contributed by atoms with E-state index in [1.165, 1.54) is 25.0 Å². The fraction of sp³-hybridized carbons (Fsp3) is 0.600. The van der Waals surface area contributed by atoms with Gasteiger partial charge in [-0.3, -0.25) is 18.7 Å². The number of imidazole rings is 1. The average Bonchev–Trinajstić information content (AvgIpc) is 2.95. The number of ether oxygens (including phenoxy) is 1. The highest BCUT2D eigenvalue weighted by molar-refractivity contribution is 5.70. The van der Waals surface area contributed by atoms with E-state index in [1.54, 1.807) is 4.57 Å². The summed E-state index contributed by atoms with van der Waals surface area (Å²) in [5, 5.41) is 9.58. The number of hydrogen-bond acceptors (Lipinski definition) is 6. The molecule has 132 valence electrons. The van der Waals surface area contributed by atoms with Gasteiger partial charge in [-0.2, -0.15) is 0 Å². The predicted molar refractivity (Wildman–Crippen MR) is 86.7 cm³/mol. The summed E-state index contributed by atoms with van der Waals surface area (Å²) in [5.74, 6) is -0.485. The van der Waals surface area contributed by atoms with E-state index in [0.29, 0.717) is 6.42 Å². The zero-order chi connectivity index (χ0) is 17.9. The van der Waals surface area contributed by atoms with Gasteiger partial charge in [-0.1, -0.05) is 13.3 Å². The molecule has 9 nitrogen and oxygen atoms in total. The summed E-state index contributed by atoms with van der Waals surface area (Å²) in [4.78, 5) is 39.8. The molecule has 0 fully saturated rings. The minimum Gasteiger partial charge on any atom is -0.464 e. The number of carbonyl (C=O) groups is 1. The number of fused-ring (bicyclic) bond motifs is 1. The van der Waals surface area contributed by atoms with Crippen LogP contribution in [-0.4, -0.2) is 42.5 Å². The van der Waals surface area contributed by atoms with Crippen molar-refractivity contribution in [3.63, 3.8) is 0 Å². The van der Waals surface area contributed by atoms with Crippen LogP contribution in [0.5, 0.6) is 0 Å². The normalized spacial score (nSPS) is 12.5. The quantitative estimate of drug-likeness (QED) is 0.684. The van der Waals surface area contributed by atoms with Gasteiger partial charge in [-0.15, -0.1) is 0 Å². The summed E-state index contributed by atoms with van der Waals surface area (Å²) >= 11 is 0. The fourth-order valence-corrected chi connectivity index (χ4v) is 2.51. The molecule has 0 aromatic carbocycles. The Balaban J connectivity index is 2.08. The van der Waals surface area contributed by atoms with Crippen molar-refractivity contribution in [2.75, 3.05) is 6.61 Å². The molecule has 9 heteroatoms. The van der Waals surface area contributed by atoms with Crippen LogP contribution in [0.4, 0.5) is 0 Å². The van der Waals surface area contributed by atoms with Gasteiger partial charge in [0.2, 0.25) is 0 Å². The maximum atomic E-state index is 12.2. The van der Waals surface area contributed by atoms with Crippen LogP contribution in [0.15, 0.2) is 15.9 Å². The summed E-state index contributed by atoms with van der Waals surface area (Å²) < 4.78 is 8.93. The second-order valence-electron chi connectivity index (χ2n) is 5.68. The van der Waals surface area contributed by atoms with Crippen LogP contribution >= 0.6 is 0 Å². The second-order valence-corrected chi connectivity index (χ2v) is 5.68. The number of rotatable bonds is 7. The van der Waals surface area contributed by atoms with Crippen molar-refractivity contribution in [3.8, 4) is 0 Å². The van der Waals surface area contributed by atoms with E-state index in [9.17, 15) is 19.5 Å². The molecule has 2 rings (SSSR count). The zero-order valence-corrected chi connectivity index (χ0v) is 14.1. The number of aromatic nitrogens is 4. The van der Waals surface area contributed by atoms with Crippen LogP contribution in [0.3, 0.4) is 0 Å². The van der Waals surface area contributed by atoms with Gasteiger partial charge < -0.3 is 14.4 Å². The predicted octanol–water partition coefficient (Wildman–Crippen LogP) is -0.472. The molecule has 1 N–H and O–H groups in total. The monoisotopic (exact) mass is 338 g/mol. The third-order valence-corrected chi connectivity index (χ3v) is 3.84. The number of aliphatic hydroxyl groups is 1. The first-order chi connectivity index (χ1) is 11.4. The second kappa shape index (κ2) is 7.43. The average molecular weight is 338 g/mol. The number of carbonyl (C=O) groups excluding carboxylic acids is 1. The summed E-state index contributed by atoms with van der Waals surface area (Å²) in [6.45, 7) is 2.21. The molecule has 1 unspecified atom stereocenters. The van der Waals surface area contributed by atoms with Crippen LogP contribution in [0, 0.1) is 0 Å². The SMILES string of the molecule is CCCC(O)CC(=O)OCCn1cnc2c1c(=O)n(C)c(=O)n2C. The first-order valence-corrected chi connectivity index (χ1v) is 7.81. The summed E-state index contributed by atoms with van der Waals surface area (Å²) in [5.41, 5.74) is -0.334. The first-order valence-electron chi connectivity index (χ1n) is 7.81. The van der Waals surface area contributed by atoms with Crippen molar-refractivity contribution >= 4 is 17.1 Å². The molecular weight excluding hydrogens is 316 g/mol. The maximum Gasteiger partial charge on any atom is 0.332 e. The van der Waals surface area contributed by atoms with Crippen molar-refractivity contribution in [1.29, 1.82) is 0 Å². The standard InChI is InChI=1S/C15H22N4O5/c1-4-5-10(20)8-11(21)24-7-6-19-9-16-13-12(19)14(22)18(3)15(23)17(13)2/h9-10,20H,4-8H2,1-3H3. The van der Waals surface area contributed by atoms with Crippen LogP contribution < -0.4 is 11.2 Å². The van der Waals surface area contributed by atoms with Gasteiger partial charge in [0, 0.05) is 14.1 Å². The molecule has 24 heavy (non-hydrogen) atoms. The van der Waals surface area contributed by atoms with E-state index < -0.39 is 23.3 Å². The van der Waals surface area contributed by atoms with Gasteiger partial charge in [0.1, 0.15) is 6.61 Å². The Kier molecular flexibility index (Phi) is 5.55. The Morgan fingerprint density at radius 2 is 2.04 bits per heavy atom. The lowest BCUT2D eigenvalue weighted by atomic mass is 10.1. The van der Waals surface area contributed by atoms with Crippen molar-refractivity contribution in [2.24, 2.45) is 14.1 Å². The van der Waals surface area contributed by atoms with Crippen LogP contribution in [-0.2, 0) is 30.2 Å². The number of nitrogens with zero attached hydrogens (tertiary/aromatic N) is 4. The fourth-order valence-electron chi connectivity index (χ4n) is 2.51. The number of esters is 1. The number of aliphatic hydroxyl groups excluding tert-OH is 1. The van der Waals surface area contributed by atoms with Gasteiger partial charge in [-0.25, -0.2) is 9.78 Å². The molecule has 0 saturated carbocycles. The molecular formula is C15H22N4O5. The van der Waals surface area contributed by atoms with Crippen LogP contribution in [0.25, 0.3) is 11.2 Å². The Morgan fingerprint density at radius 3 is 2.71 bits per heavy atom. The van der Waals surface area contributed by atoms with Crippen molar-refractivity contribution in [2.45, 2.75) is 38.8 Å². The largest absolute Gasteiger partial charge is 0.464 e. The Labute approximate surface area is 138 Å². The molecule has 2 heterocycles. The lowest BCUT2D eigenvalue weighted by molar-refractivity contribution is -0.146. The van der Waals surface area contributed by atoms with Crippen LogP contribution in [0.2, 0.25) is 0 Å². The lowest BCUT2D eigenvalue weighted by Gasteiger charge is -2.10. The minimum absolute atomic E-state index is 0.0468. The highest BCUT2D eigenvalue weighted by Crippen LogP contribution is 2.06. The topological polar surface area (TPSA) is 108 Å². The third kappa shape index (κ3) is 3.56. The molecule has 0 aliphatic heterocycles. The van der Waals surface area contributed by atoms with E-state index in [4.69, 9.17) is 4.74 Å². The van der Waals surface area contributed by atoms with E-state index in [-0.39, 0.29) is 30.7 Å². The molecule has 0 amide bonds. The molecule has 2 aromatic rings. The molecule has 1 atom stereocenters. The lowest BCUT2D eigenvalue weighted by Crippen LogP contribution is -2.37.